The van der Waals surface area contributed by atoms with Gasteiger partial charge in [0.05, 0.1) is 12.5 Å². The second-order valence-electron chi connectivity index (χ2n) is 3.44. The van der Waals surface area contributed by atoms with Gasteiger partial charge in [-0.25, -0.2) is 0 Å². The van der Waals surface area contributed by atoms with Crippen LogP contribution in [-0.4, -0.2) is 0 Å². The van der Waals surface area contributed by atoms with E-state index >= 15 is 0 Å². The first-order valence-electron chi connectivity index (χ1n) is 4.78. The largest absolute Gasteiger partial charge is 0.198 e. The molecule has 15 heavy (non-hydrogen) atoms. The Morgan fingerprint density at radius 1 is 1.20 bits per heavy atom. The normalized spacial score (nSPS) is 10.1. The van der Waals surface area contributed by atoms with E-state index in [1.165, 1.54) is 0 Å². The monoisotopic (exact) mass is 215 g/mol. The molecule has 0 saturated carbocycles. The lowest BCUT2D eigenvalue weighted by atomic mass is 10.0. The lowest BCUT2D eigenvalue weighted by Gasteiger charge is -2.04. The molecular formula is C13H10ClN. The zero-order valence-corrected chi connectivity index (χ0v) is 8.96. The van der Waals surface area contributed by atoms with Crippen LogP contribution in [0.3, 0.4) is 0 Å². The Labute approximate surface area is 93.9 Å². The van der Waals surface area contributed by atoms with Crippen molar-refractivity contribution in [2.45, 2.75) is 12.3 Å². The van der Waals surface area contributed by atoms with Gasteiger partial charge in [-0.3, -0.25) is 0 Å². The smallest absolute Gasteiger partial charge is 0.0669 e. The first kappa shape index (κ1) is 10.0. The fourth-order valence-electron chi connectivity index (χ4n) is 1.71. The Hall–Kier alpha value is -1.52. The summed E-state index contributed by atoms with van der Waals surface area (Å²) in [7, 11) is 0. The van der Waals surface area contributed by atoms with E-state index in [1.54, 1.807) is 0 Å². The van der Waals surface area contributed by atoms with Gasteiger partial charge in [0, 0.05) is 5.88 Å². The molecule has 0 aromatic heterocycles. The number of nitriles is 1. The molecule has 0 amide bonds. The van der Waals surface area contributed by atoms with Crippen LogP contribution in [0.1, 0.15) is 11.1 Å². The average molecular weight is 216 g/mol. The molecule has 1 nitrogen and oxygen atoms in total. The summed E-state index contributed by atoms with van der Waals surface area (Å²) in [4.78, 5) is 0. The number of hydrogen-bond acceptors (Lipinski definition) is 1. The molecule has 0 aliphatic carbocycles. The van der Waals surface area contributed by atoms with Gasteiger partial charge in [-0.15, -0.1) is 11.6 Å². The van der Waals surface area contributed by atoms with Gasteiger partial charge in [-0.05, 0) is 28.0 Å². The fourth-order valence-corrected chi connectivity index (χ4v) is 1.87. The molecule has 2 aromatic carbocycles. The minimum atomic E-state index is 0.447. The van der Waals surface area contributed by atoms with E-state index in [1.807, 2.05) is 30.3 Å². The number of benzene rings is 2. The molecule has 2 aromatic rings. The third-order valence-corrected chi connectivity index (χ3v) is 2.77. The van der Waals surface area contributed by atoms with Crippen LogP contribution in [-0.2, 0) is 12.3 Å². The van der Waals surface area contributed by atoms with E-state index in [-0.39, 0.29) is 0 Å². The molecule has 0 radical (unpaired) electrons. The Kier molecular flexibility index (Phi) is 2.89. The first-order valence-corrected chi connectivity index (χ1v) is 5.32. The summed E-state index contributed by atoms with van der Waals surface area (Å²) in [5.74, 6) is 0.511. The van der Waals surface area contributed by atoms with E-state index in [4.69, 9.17) is 16.9 Å². The highest BCUT2D eigenvalue weighted by molar-refractivity contribution is 6.17. The van der Waals surface area contributed by atoms with Crippen molar-refractivity contribution >= 4 is 22.4 Å². The highest BCUT2D eigenvalue weighted by Gasteiger charge is 2.01. The zero-order valence-electron chi connectivity index (χ0n) is 8.20. The standard InChI is InChI=1S/C13H10ClN/c14-9-10-4-5-11-2-1-3-12(6-7-15)13(11)8-10/h1-5,8H,6,9H2. The summed E-state index contributed by atoms with van der Waals surface area (Å²) < 4.78 is 0. The minimum absolute atomic E-state index is 0.447. The Morgan fingerprint density at radius 2 is 2.07 bits per heavy atom. The predicted octanol–water partition coefficient (Wildman–Crippen LogP) is 3.64. The van der Waals surface area contributed by atoms with Crippen molar-refractivity contribution in [2.75, 3.05) is 0 Å². The average Bonchev–Trinajstić information content (AvgIpc) is 2.29. The topological polar surface area (TPSA) is 23.8 Å². The molecule has 0 bridgehead atoms. The molecule has 2 heteroatoms. The molecule has 0 unspecified atom stereocenters. The summed E-state index contributed by atoms with van der Waals surface area (Å²) >= 11 is 5.79. The van der Waals surface area contributed by atoms with E-state index in [9.17, 15) is 0 Å². The molecule has 0 spiro atoms. The van der Waals surface area contributed by atoms with Gasteiger partial charge in [0.15, 0.2) is 0 Å². The van der Waals surface area contributed by atoms with E-state index < -0.39 is 0 Å². The molecular weight excluding hydrogens is 206 g/mol. The van der Waals surface area contributed by atoms with Crippen molar-refractivity contribution in [3.63, 3.8) is 0 Å². The summed E-state index contributed by atoms with van der Waals surface area (Å²) in [5, 5.41) is 11.0. The van der Waals surface area contributed by atoms with Crippen LogP contribution in [0.5, 0.6) is 0 Å². The van der Waals surface area contributed by atoms with Gasteiger partial charge in [0.1, 0.15) is 0 Å². The van der Waals surface area contributed by atoms with Gasteiger partial charge in [0.2, 0.25) is 0 Å². The third kappa shape index (κ3) is 1.95. The van der Waals surface area contributed by atoms with Crippen molar-refractivity contribution in [1.82, 2.24) is 0 Å². The number of rotatable bonds is 2. The molecule has 0 N–H and O–H groups in total. The van der Waals surface area contributed by atoms with Crippen LogP contribution in [0, 0.1) is 11.3 Å². The molecule has 0 atom stereocenters. The highest BCUT2D eigenvalue weighted by Crippen LogP contribution is 2.21. The molecule has 0 fully saturated rings. The van der Waals surface area contributed by atoms with E-state index in [0.29, 0.717) is 12.3 Å². The van der Waals surface area contributed by atoms with Crippen LogP contribution < -0.4 is 0 Å². The predicted molar refractivity (Wildman–Crippen MR) is 62.8 cm³/mol. The molecule has 0 heterocycles. The van der Waals surface area contributed by atoms with Gasteiger partial charge < -0.3 is 0 Å². The first-order chi connectivity index (χ1) is 7.35. The van der Waals surface area contributed by atoms with Crippen molar-refractivity contribution < 1.29 is 0 Å². The molecule has 2 rings (SSSR count). The maximum Gasteiger partial charge on any atom is 0.0669 e. The quantitative estimate of drug-likeness (QED) is 0.702. The fraction of sp³-hybridized carbons (Fsp3) is 0.154. The lowest BCUT2D eigenvalue weighted by Crippen LogP contribution is -1.86. The molecule has 74 valence electrons. The van der Waals surface area contributed by atoms with Gasteiger partial charge in [-0.2, -0.15) is 5.26 Å². The van der Waals surface area contributed by atoms with Crippen molar-refractivity contribution in [2.24, 2.45) is 0 Å². The Balaban J connectivity index is 2.66. The molecule has 0 aliphatic heterocycles. The van der Waals surface area contributed by atoms with Gasteiger partial charge in [0.25, 0.3) is 0 Å². The summed E-state index contributed by atoms with van der Waals surface area (Å²) in [5.41, 5.74) is 2.16. The second kappa shape index (κ2) is 4.33. The number of nitrogens with zero attached hydrogens (tertiary/aromatic N) is 1. The van der Waals surface area contributed by atoms with Gasteiger partial charge >= 0.3 is 0 Å². The van der Waals surface area contributed by atoms with Crippen LogP contribution in [0.15, 0.2) is 36.4 Å². The molecule has 0 aliphatic rings. The maximum absolute atomic E-state index is 8.73. The SMILES string of the molecule is N#CCc1cccc2ccc(CCl)cc12. The Morgan fingerprint density at radius 3 is 2.80 bits per heavy atom. The van der Waals surface area contributed by atoms with Crippen molar-refractivity contribution in [3.05, 3.63) is 47.5 Å². The van der Waals surface area contributed by atoms with E-state index in [2.05, 4.69) is 12.1 Å². The molecule has 0 saturated heterocycles. The number of fused-ring (bicyclic) bond motifs is 1. The highest BCUT2D eigenvalue weighted by atomic mass is 35.5. The van der Waals surface area contributed by atoms with E-state index in [0.717, 1.165) is 21.9 Å². The third-order valence-electron chi connectivity index (χ3n) is 2.46. The number of alkyl halides is 1. The maximum atomic E-state index is 8.73. The van der Waals surface area contributed by atoms with Gasteiger partial charge in [-0.1, -0.05) is 30.3 Å². The van der Waals surface area contributed by atoms with Crippen LogP contribution in [0.2, 0.25) is 0 Å². The lowest BCUT2D eigenvalue weighted by molar-refractivity contribution is 1.28. The number of hydrogen-bond donors (Lipinski definition) is 0. The number of halogens is 1. The van der Waals surface area contributed by atoms with Crippen molar-refractivity contribution in [1.29, 1.82) is 5.26 Å². The zero-order chi connectivity index (χ0) is 10.7. The van der Waals surface area contributed by atoms with Crippen LogP contribution in [0.25, 0.3) is 10.8 Å². The summed E-state index contributed by atoms with van der Waals surface area (Å²) in [6, 6.07) is 14.3. The Bertz CT molecular complexity index is 526. The van der Waals surface area contributed by atoms with Crippen molar-refractivity contribution in [3.8, 4) is 6.07 Å². The van der Waals surface area contributed by atoms with Crippen LogP contribution >= 0.6 is 11.6 Å². The summed E-state index contributed by atoms with van der Waals surface area (Å²) in [6.07, 6.45) is 0.447. The second-order valence-corrected chi connectivity index (χ2v) is 3.71. The minimum Gasteiger partial charge on any atom is -0.198 e. The van der Waals surface area contributed by atoms with Crippen LogP contribution in [0.4, 0.5) is 0 Å². The summed E-state index contributed by atoms with van der Waals surface area (Å²) in [6.45, 7) is 0.